The zero-order valence-electron chi connectivity index (χ0n) is 11.8. The van der Waals surface area contributed by atoms with E-state index in [1.165, 1.54) is 12.1 Å². The highest BCUT2D eigenvalue weighted by Crippen LogP contribution is 2.27. The predicted octanol–water partition coefficient (Wildman–Crippen LogP) is 1.38. The molecule has 0 aromatic carbocycles. The molecule has 0 spiro atoms. The standard InChI is InChI=1S/C11H14F3N5O2S/c1-7(5-6-22(2,20)21)15-8-3-4-9-16-17-10(11(12,13)14)19(9)18-8/h3-4,7H,5-6H2,1-2H3,(H,15,18). The molecule has 0 saturated heterocycles. The van der Waals surface area contributed by atoms with Gasteiger partial charge in [-0.2, -0.15) is 17.7 Å². The van der Waals surface area contributed by atoms with Crippen molar-refractivity contribution < 1.29 is 21.6 Å². The molecule has 0 aliphatic heterocycles. The van der Waals surface area contributed by atoms with Crippen LogP contribution in [0.5, 0.6) is 0 Å². The van der Waals surface area contributed by atoms with Crippen LogP contribution >= 0.6 is 0 Å². The highest BCUT2D eigenvalue weighted by atomic mass is 32.2. The summed E-state index contributed by atoms with van der Waals surface area (Å²) in [5.74, 6) is -1.06. The third-order valence-corrected chi connectivity index (χ3v) is 3.81. The fourth-order valence-electron chi connectivity index (χ4n) is 1.76. The van der Waals surface area contributed by atoms with Crippen molar-refractivity contribution in [2.75, 3.05) is 17.3 Å². The van der Waals surface area contributed by atoms with Crippen molar-refractivity contribution in [2.45, 2.75) is 25.6 Å². The second-order valence-corrected chi connectivity index (χ2v) is 7.23. The van der Waals surface area contributed by atoms with E-state index >= 15 is 0 Å². The molecule has 0 aliphatic carbocycles. The zero-order chi connectivity index (χ0) is 16.5. The Bertz CT molecular complexity index is 772. The highest BCUT2D eigenvalue weighted by Gasteiger charge is 2.37. The van der Waals surface area contributed by atoms with Crippen LogP contribution in [-0.4, -0.2) is 46.3 Å². The minimum Gasteiger partial charge on any atom is -0.366 e. The van der Waals surface area contributed by atoms with E-state index < -0.39 is 21.8 Å². The first-order valence-electron chi connectivity index (χ1n) is 6.30. The van der Waals surface area contributed by atoms with E-state index in [0.717, 1.165) is 6.26 Å². The van der Waals surface area contributed by atoms with Gasteiger partial charge in [0.1, 0.15) is 15.7 Å². The van der Waals surface area contributed by atoms with E-state index in [1.807, 2.05) is 0 Å². The largest absolute Gasteiger partial charge is 0.453 e. The first-order valence-corrected chi connectivity index (χ1v) is 8.36. The number of rotatable bonds is 5. The third-order valence-electron chi connectivity index (χ3n) is 2.83. The van der Waals surface area contributed by atoms with E-state index in [4.69, 9.17) is 0 Å². The van der Waals surface area contributed by atoms with Gasteiger partial charge in [0.15, 0.2) is 5.65 Å². The Morgan fingerprint density at radius 2 is 2.00 bits per heavy atom. The lowest BCUT2D eigenvalue weighted by Crippen LogP contribution is -2.21. The van der Waals surface area contributed by atoms with Gasteiger partial charge in [0.05, 0.1) is 5.75 Å². The van der Waals surface area contributed by atoms with Gasteiger partial charge >= 0.3 is 6.18 Å². The summed E-state index contributed by atoms with van der Waals surface area (Å²) < 4.78 is 61.0. The Morgan fingerprint density at radius 1 is 1.32 bits per heavy atom. The predicted molar refractivity (Wildman–Crippen MR) is 73.2 cm³/mol. The summed E-state index contributed by atoms with van der Waals surface area (Å²) in [6.07, 6.45) is -3.23. The van der Waals surface area contributed by atoms with E-state index in [0.29, 0.717) is 10.9 Å². The molecule has 122 valence electrons. The smallest absolute Gasteiger partial charge is 0.366 e. The molecule has 1 atom stereocenters. The topological polar surface area (TPSA) is 89.2 Å². The summed E-state index contributed by atoms with van der Waals surface area (Å²) in [5, 5.41) is 13.1. The second kappa shape index (κ2) is 5.71. The number of aromatic nitrogens is 4. The number of sulfone groups is 1. The van der Waals surface area contributed by atoms with Gasteiger partial charge in [0.2, 0.25) is 0 Å². The van der Waals surface area contributed by atoms with Gasteiger partial charge in [-0.3, -0.25) is 0 Å². The van der Waals surface area contributed by atoms with Crippen molar-refractivity contribution in [3.05, 3.63) is 18.0 Å². The van der Waals surface area contributed by atoms with Crippen molar-refractivity contribution >= 4 is 21.3 Å². The van der Waals surface area contributed by atoms with Crippen molar-refractivity contribution in [1.82, 2.24) is 19.8 Å². The molecule has 2 rings (SSSR count). The number of hydrogen-bond donors (Lipinski definition) is 1. The average molecular weight is 337 g/mol. The molecule has 22 heavy (non-hydrogen) atoms. The maximum absolute atomic E-state index is 12.7. The Balaban J connectivity index is 2.19. The van der Waals surface area contributed by atoms with E-state index in [2.05, 4.69) is 20.6 Å². The quantitative estimate of drug-likeness (QED) is 0.886. The first kappa shape index (κ1) is 16.5. The van der Waals surface area contributed by atoms with Crippen LogP contribution in [0, 0.1) is 0 Å². The van der Waals surface area contributed by atoms with Crippen LogP contribution in [0.1, 0.15) is 19.2 Å². The van der Waals surface area contributed by atoms with E-state index in [9.17, 15) is 21.6 Å². The number of halogens is 3. The Kier molecular flexibility index (Phi) is 4.27. The molecule has 11 heteroatoms. The van der Waals surface area contributed by atoms with Crippen LogP contribution in [0.4, 0.5) is 19.0 Å². The Labute approximate surface area is 124 Å². The van der Waals surface area contributed by atoms with Crippen LogP contribution in [-0.2, 0) is 16.0 Å². The minimum absolute atomic E-state index is 0.0240. The maximum atomic E-state index is 12.7. The van der Waals surface area contributed by atoms with Gasteiger partial charge in [-0.15, -0.1) is 15.3 Å². The van der Waals surface area contributed by atoms with Crippen molar-refractivity contribution in [3.63, 3.8) is 0 Å². The summed E-state index contributed by atoms with van der Waals surface area (Å²) >= 11 is 0. The molecular formula is C11H14F3N5O2S. The van der Waals surface area contributed by atoms with Crippen LogP contribution < -0.4 is 5.32 Å². The van der Waals surface area contributed by atoms with Crippen LogP contribution in [0.15, 0.2) is 12.1 Å². The Hall–Kier alpha value is -1.91. The van der Waals surface area contributed by atoms with Gasteiger partial charge < -0.3 is 5.32 Å². The fourth-order valence-corrected chi connectivity index (χ4v) is 2.54. The normalized spacial score (nSPS) is 14.2. The first-order chi connectivity index (χ1) is 10.1. The fraction of sp³-hybridized carbons (Fsp3) is 0.545. The third kappa shape index (κ3) is 4.06. The van der Waals surface area contributed by atoms with E-state index in [-0.39, 0.29) is 23.3 Å². The number of anilines is 1. The molecular weight excluding hydrogens is 323 g/mol. The number of alkyl halides is 3. The van der Waals surface area contributed by atoms with Gasteiger partial charge in [0, 0.05) is 12.3 Å². The van der Waals surface area contributed by atoms with Crippen molar-refractivity contribution in [1.29, 1.82) is 0 Å². The molecule has 0 fully saturated rings. The lowest BCUT2D eigenvalue weighted by Gasteiger charge is -2.14. The monoisotopic (exact) mass is 337 g/mol. The number of nitrogens with zero attached hydrogens (tertiary/aromatic N) is 4. The minimum atomic E-state index is -4.66. The van der Waals surface area contributed by atoms with Gasteiger partial charge in [-0.05, 0) is 25.5 Å². The molecule has 0 amide bonds. The number of fused-ring (bicyclic) bond motifs is 1. The van der Waals surface area contributed by atoms with Crippen molar-refractivity contribution in [2.24, 2.45) is 0 Å². The molecule has 2 heterocycles. The molecule has 0 bridgehead atoms. The Morgan fingerprint density at radius 3 is 2.59 bits per heavy atom. The molecule has 1 N–H and O–H groups in total. The van der Waals surface area contributed by atoms with Gasteiger partial charge in [-0.25, -0.2) is 8.42 Å². The highest BCUT2D eigenvalue weighted by molar-refractivity contribution is 7.90. The van der Waals surface area contributed by atoms with Crippen molar-refractivity contribution in [3.8, 4) is 0 Å². The maximum Gasteiger partial charge on any atom is 0.453 e. The molecule has 2 aromatic rings. The molecule has 0 radical (unpaired) electrons. The number of nitrogens with one attached hydrogen (secondary N) is 1. The SMILES string of the molecule is CC(CCS(C)(=O)=O)Nc1ccc2nnc(C(F)(F)F)n2n1. The van der Waals surface area contributed by atoms with Gasteiger partial charge in [0.25, 0.3) is 5.82 Å². The van der Waals surface area contributed by atoms with E-state index in [1.54, 1.807) is 6.92 Å². The molecule has 0 saturated carbocycles. The summed E-state index contributed by atoms with van der Waals surface area (Å²) in [6, 6.07) is 2.53. The molecule has 7 nitrogen and oxygen atoms in total. The summed E-state index contributed by atoms with van der Waals surface area (Å²) in [5.41, 5.74) is -0.0262. The zero-order valence-corrected chi connectivity index (χ0v) is 12.6. The van der Waals surface area contributed by atoms with Crippen LogP contribution in [0.2, 0.25) is 0 Å². The molecule has 2 aromatic heterocycles. The lowest BCUT2D eigenvalue weighted by molar-refractivity contribution is -0.146. The second-order valence-electron chi connectivity index (χ2n) is 4.97. The summed E-state index contributed by atoms with van der Waals surface area (Å²) in [6.45, 7) is 1.72. The summed E-state index contributed by atoms with van der Waals surface area (Å²) in [7, 11) is -3.10. The summed E-state index contributed by atoms with van der Waals surface area (Å²) in [4.78, 5) is 0. The molecule has 0 aliphatic rings. The number of hydrogen-bond acceptors (Lipinski definition) is 6. The average Bonchev–Trinajstić information content (AvgIpc) is 2.78. The molecule has 1 unspecified atom stereocenters. The van der Waals surface area contributed by atoms with Crippen LogP contribution in [0.25, 0.3) is 5.65 Å². The van der Waals surface area contributed by atoms with Gasteiger partial charge in [-0.1, -0.05) is 0 Å². The van der Waals surface area contributed by atoms with Crippen LogP contribution in [0.3, 0.4) is 0 Å². The lowest BCUT2D eigenvalue weighted by atomic mass is 10.2.